The number of carbonyl (C=O) groups excluding carboxylic acids is 1. The first-order valence-corrected chi connectivity index (χ1v) is 8.11. The van der Waals surface area contributed by atoms with E-state index in [9.17, 15) is 4.79 Å². The van der Waals surface area contributed by atoms with Crippen LogP contribution in [0.4, 0.5) is 10.5 Å². The number of amides is 2. The molecule has 0 radical (unpaired) electrons. The van der Waals surface area contributed by atoms with Crippen molar-refractivity contribution >= 4 is 17.3 Å². The van der Waals surface area contributed by atoms with Gasteiger partial charge in [0, 0.05) is 44.4 Å². The second kappa shape index (κ2) is 6.03. The Morgan fingerprint density at radius 2 is 1.86 bits per heavy atom. The van der Waals surface area contributed by atoms with Gasteiger partial charge in [-0.15, -0.1) is 0 Å². The topological polar surface area (TPSA) is 49.6 Å². The predicted octanol–water partition coefficient (Wildman–Crippen LogP) is 3.31. The van der Waals surface area contributed by atoms with E-state index in [0.29, 0.717) is 5.92 Å². The van der Waals surface area contributed by atoms with Crippen molar-refractivity contribution in [1.29, 1.82) is 0 Å². The molecule has 1 aliphatic carbocycles. The molecule has 2 N–H and O–H groups in total. The molecule has 0 aromatic heterocycles. The molecule has 3 rings (SSSR count). The molecule has 22 heavy (non-hydrogen) atoms. The SMILES string of the molecule is CN1CC(c2ccc(N)c(C3=CCCCC3)c2)CN(C)C1=O. The molecule has 4 nitrogen and oxygen atoms in total. The minimum absolute atomic E-state index is 0.0990. The molecule has 0 bridgehead atoms. The third kappa shape index (κ3) is 2.82. The number of carbonyl (C=O) groups is 1. The molecule has 1 aliphatic heterocycles. The van der Waals surface area contributed by atoms with Gasteiger partial charge in [-0.1, -0.05) is 12.1 Å². The Hall–Kier alpha value is -1.97. The third-order valence-corrected chi connectivity index (χ3v) is 4.83. The number of anilines is 1. The van der Waals surface area contributed by atoms with Crippen molar-refractivity contribution in [2.24, 2.45) is 0 Å². The normalized spacial score (nSPS) is 20.3. The largest absolute Gasteiger partial charge is 0.398 e. The smallest absolute Gasteiger partial charge is 0.319 e. The van der Waals surface area contributed by atoms with Gasteiger partial charge in [0.2, 0.25) is 0 Å². The summed E-state index contributed by atoms with van der Waals surface area (Å²) in [5.74, 6) is 0.344. The lowest BCUT2D eigenvalue weighted by atomic mass is 9.88. The second-order valence-electron chi connectivity index (χ2n) is 6.56. The molecule has 1 saturated heterocycles. The molecule has 1 aromatic rings. The molecule has 2 amide bonds. The van der Waals surface area contributed by atoms with E-state index < -0.39 is 0 Å². The first kappa shape index (κ1) is 14.9. The molecule has 0 spiro atoms. The minimum atomic E-state index is 0.0990. The highest BCUT2D eigenvalue weighted by atomic mass is 16.2. The van der Waals surface area contributed by atoms with Crippen LogP contribution in [0, 0.1) is 0 Å². The number of nitrogen functional groups attached to an aromatic ring is 1. The predicted molar refractivity (Wildman–Crippen MR) is 90.7 cm³/mol. The Morgan fingerprint density at radius 3 is 2.50 bits per heavy atom. The molecule has 118 valence electrons. The summed E-state index contributed by atoms with van der Waals surface area (Å²) >= 11 is 0. The van der Waals surface area contributed by atoms with Crippen LogP contribution in [0.1, 0.15) is 42.7 Å². The number of urea groups is 1. The van der Waals surface area contributed by atoms with Crippen molar-refractivity contribution in [1.82, 2.24) is 9.80 Å². The van der Waals surface area contributed by atoms with Gasteiger partial charge < -0.3 is 15.5 Å². The van der Waals surface area contributed by atoms with Gasteiger partial charge in [-0.3, -0.25) is 0 Å². The summed E-state index contributed by atoms with van der Waals surface area (Å²) in [6, 6.07) is 6.48. The highest BCUT2D eigenvalue weighted by Crippen LogP contribution is 2.33. The molecule has 1 heterocycles. The zero-order valence-corrected chi connectivity index (χ0v) is 13.5. The van der Waals surface area contributed by atoms with Crippen LogP contribution in [-0.2, 0) is 0 Å². The highest BCUT2D eigenvalue weighted by Gasteiger charge is 2.28. The first-order valence-electron chi connectivity index (χ1n) is 8.11. The van der Waals surface area contributed by atoms with Crippen LogP contribution in [0.3, 0.4) is 0 Å². The summed E-state index contributed by atoms with van der Waals surface area (Å²) in [5, 5.41) is 0. The van der Waals surface area contributed by atoms with Crippen molar-refractivity contribution in [3.63, 3.8) is 0 Å². The van der Waals surface area contributed by atoms with Gasteiger partial charge in [-0.2, -0.15) is 0 Å². The Morgan fingerprint density at radius 1 is 1.14 bits per heavy atom. The van der Waals surface area contributed by atoms with Gasteiger partial charge in [0.1, 0.15) is 0 Å². The van der Waals surface area contributed by atoms with Crippen molar-refractivity contribution in [3.05, 3.63) is 35.4 Å². The quantitative estimate of drug-likeness (QED) is 0.852. The Bertz CT molecular complexity index is 594. The average Bonchev–Trinajstić information content (AvgIpc) is 2.53. The van der Waals surface area contributed by atoms with E-state index in [-0.39, 0.29) is 6.03 Å². The van der Waals surface area contributed by atoms with Gasteiger partial charge in [0.25, 0.3) is 0 Å². The summed E-state index contributed by atoms with van der Waals surface area (Å²) in [6.45, 7) is 1.54. The maximum absolute atomic E-state index is 11.9. The van der Waals surface area contributed by atoms with Crippen LogP contribution in [0.2, 0.25) is 0 Å². The summed E-state index contributed by atoms with van der Waals surface area (Å²) in [5.41, 5.74) is 10.9. The standard InChI is InChI=1S/C18H25N3O/c1-20-11-15(12-21(2)18(20)22)14-8-9-17(19)16(10-14)13-6-4-3-5-7-13/h6,8-10,15H,3-5,7,11-12,19H2,1-2H3. The van der Waals surface area contributed by atoms with E-state index >= 15 is 0 Å². The average molecular weight is 299 g/mol. The summed E-state index contributed by atoms with van der Waals surface area (Å²) < 4.78 is 0. The first-order chi connectivity index (χ1) is 10.6. The van der Waals surface area contributed by atoms with Crippen molar-refractivity contribution in [3.8, 4) is 0 Å². The highest BCUT2D eigenvalue weighted by molar-refractivity contribution is 5.77. The molecule has 0 atom stereocenters. The number of nitrogens with zero attached hydrogens (tertiary/aromatic N) is 2. The van der Waals surface area contributed by atoms with E-state index in [2.05, 4.69) is 18.2 Å². The van der Waals surface area contributed by atoms with E-state index in [1.54, 1.807) is 9.80 Å². The molecule has 1 fully saturated rings. The van der Waals surface area contributed by atoms with Crippen LogP contribution in [-0.4, -0.2) is 43.0 Å². The molecule has 0 unspecified atom stereocenters. The van der Waals surface area contributed by atoms with Crippen LogP contribution >= 0.6 is 0 Å². The fourth-order valence-corrected chi connectivity index (χ4v) is 3.57. The number of allylic oxidation sites excluding steroid dienone is 2. The van der Waals surface area contributed by atoms with Crippen LogP contribution in [0.25, 0.3) is 5.57 Å². The number of likely N-dealkylation sites (N-methyl/N-ethyl adjacent to an activating group) is 2. The van der Waals surface area contributed by atoms with Gasteiger partial charge >= 0.3 is 6.03 Å². The van der Waals surface area contributed by atoms with E-state index in [1.165, 1.54) is 29.5 Å². The monoisotopic (exact) mass is 299 g/mol. The fourth-order valence-electron chi connectivity index (χ4n) is 3.57. The zero-order valence-electron chi connectivity index (χ0n) is 13.5. The summed E-state index contributed by atoms with van der Waals surface area (Å²) in [6.07, 6.45) is 7.14. The van der Waals surface area contributed by atoms with Crippen LogP contribution < -0.4 is 5.73 Å². The van der Waals surface area contributed by atoms with Gasteiger partial charge in [0.15, 0.2) is 0 Å². The number of rotatable bonds is 2. The second-order valence-corrected chi connectivity index (χ2v) is 6.56. The van der Waals surface area contributed by atoms with Crippen LogP contribution in [0.5, 0.6) is 0 Å². The Kier molecular flexibility index (Phi) is 4.10. The minimum Gasteiger partial charge on any atom is -0.398 e. The lowest BCUT2D eigenvalue weighted by Gasteiger charge is -2.36. The Balaban J connectivity index is 1.89. The van der Waals surface area contributed by atoms with E-state index in [0.717, 1.165) is 31.6 Å². The fraction of sp³-hybridized carbons (Fsp3) is 0.500. The Labute approximate surface area is 132 Å². The molecule has 1 aromatic carbocycles. The zero-order chi connectivity index (χ0) is 15.7. The third-order valence-electron chi connectivity index (χ3n) is 4.83. The van der Waals surface area contributed by atoms with Crippen molar-refractivity contribution in [2.75, 3.05) is 32.9 Å². The molecule has 4 heteroatoms. The maximum atomic E-state index is 11.9. The molecular weight excluding hydrogens is 274 g/mol. The van der Waals surface area contributed by atoms with Crippen LogP contribution in [0.15, 0.2) is 24.3 Å². The lowest BCUT2D eigenvalue weighted by molar-refractivity contribution is 0.144. The molecule has 2 aliphatic rings. The van der Waals surface area contributed by atoms with Gasteiger partial charge in [-0.05, 0) is 49.0 Å². The van der Waals surface area contributed by atoms with Crippen molar-refractivity contribution in [2.45, 2.75) is 31.6 Å². The molecule has 0 saturated carbocycles. The maximum Gasteiger partial charge on any atom is 0.319 e. The van der Waals surface area contributed by atoms with Gasteiger partial charge in [0.05, 0.1) is 0 Å². The van der Waals surface area contributed by atoms with E-state index in [4.69, 9.17) is 5.73 Å². The summed E-state index contributed by atoms with van der Waals surface area (Å²) in [7, 11) is 3.74. The van der Waals surface area contributed by atoms with E-state index in [1.807, 2.05) is 20.2 Å². The number of nitrogens with two attached hydrogens (primary N) is 1. The van der Waals surface area contributed by atoms with Gasteiger partial charge in [-0.25, -0.2) is 4.79 Å². The number of benzene rings is 1. The lowest BCUT2D eigenvalue weighted by Crippen LogP contribution is -2.48. The molecular formula is C18H25N3O. The number of hydrogen-bond acceptors (Lipinski definition) is 2. The van der Waals surface area contributed by atoms with Crippen molar-refractivity contribution < 1.29 is 4.79 Å². The number of hydrogen-bond donors (Lipinski definition) is 1. The summed E-state index contributed by atoms with van der Waals surface area (Å²) in [4.78, 5) is 15.5.